The van der Waals surface area contributed by atoms with Crippen molar-refractivity contribution in [3.63, 3.8) is 0 Å². The van der Waals surface area contributed by atoms with Crippen LogP contribution in [0.3, 0.4) is 0 Å². The predicted molar refractivity (Wildman–Crippen MR) is 175 cm³/mol. The molecule has 2 fully saturated rings. The number of benzene rings is 2. The van der Waals surface area contributed by atoms with Crippen LogP contribution in [-0.4, -0.2) is 70.1 Å². The maximum absolute atomic E-state index is 13.5. The fourth-order valence-corrected chi connectivity index (χ4v) is 6.25. The number of ether oxygens (including phenoxy) is 1. The molecule has 5 rings (SSSR count). The van der Waals surface area contributed by atoms with E-state index >= 15 is 0 Å². The summed E-state index contributed by atoms with van der Waals surface area (Å²) in [6.45, 7) is 11.1. The lowest BCUT2D eigenvalue weighted by Gasteiger charge is -2.37. The number of nitrogens with zero attached hydrogens (tertiary/aromatic N) is 4. The van der Waals surface area contributed by atoms with Crippen molar-refractivity contribution in [3.8, 4) is 17.2 Å². The quantitative estimate of drug-likeness (QED) is 0.305. The Hall–Kier alpha value is -4.20. The smallest absolute Gasteiger partial charge is 0.408 e. The zero-order chi connectivity index (χ0) is 32.6. The Bertz CT molecular complexity index is 1460. The van der Waals surface area contributed by atoms with Crippen LogP contribution < -0.4 is 10.6 Å². The van der Waals surface area contributed by atoms with Crippen LogP contribution in [0.25, 0.3) is 11.1 Å². The number of hydrogen-bond donors (Lipinski definition) is 2. The molecule has 46 heavy (non-hydrogen) atoms. The fraction of sp³-hybridized carbons (Fsp3) is 0.500. The molecule has 10 nitrogen and oxygen atoms in total. The molecule has 1 aliphatic heterocycles. The van der Waals surface area contributed by atoms with Crippen LogP contribution in [0.4, 0.5) is 4.79 Å². The van der Waals surface area contributed by atoms with Crippen molar-refractivity contribution in [3.05, 3.63) is 78.0 Å². The van der Waals surface area contributed by atoms with Crippen LogP contribution >= 0.6 is 0 Å². The predicted octanol–water partition coefficient (Wildman–Crippen LogP) is 5.44. The van der Waals surface area contributed by atoms with Gasteiger partial charge >= 0.3 is 6.09 Å². The first kappa shape index (κ1) is 33.2. The third-order valence-corrected chi connectivity index (χ3v) is 8.74. The molecule has 0 bridgehead atoms. The number of nitrogens with one attached hydrogen (secondary N) is 2. The Kier molecular flexibility index (Phi) is 10.8. The molecule has 2 aromatic carbocycles. The molecule has 0 radical (unpaired) electrons. The first-order valence-corrected chi connectivity index (χ1v) is 16.3. The van der Waals surface area contributed by atoms with Crippen LogP contribution in [0.5, 0.6) is 0 Å². The molecule has 2 aliphatic rings. The highest BCUT2D eigenvalue weighted by Crippen LogP contribution is 2.29. The molecule has 2 N–H and O–H groups in total. The van der Waals surface area contributed by atoms with Crippen molar-refractivity contribution in [2.75, 3.05) is 26.2 Å². The summed E-state index contributed by atoms with van der Waals surface area (Å²) < 4.78 is 10.8. The maximum atomic E-state index is 13.5. The van der Waals surface area contributed by atoms with Gasteiger partial charge in [0.25, 0.3) is 0 Å². The number of amides is 2. The van der Waals surface area contributed by atoms with Gasteiger partial charge in [0, 0.05) is 39.1 Å². The van der Waals surface area contributed by atoms with Crippen molar-refractivity contribution in [1.29, 1.82) is 5.26 Å². The van der Waals surface area contributed by atoms with Crippen molar-refractivity contribution in [2.24, 2.45) is 0 Å². The number of rotatable bonds is 10. The minimum absolute atomic E-state index is 0.325. The lowest BCUT2D eigenvalue weighted by molar-refractivity contribution is -0.129. The van der Waals surface area contributed by atoms with E-state index in [1.165, 1.54) is 5.56 Å². The van der Waals surface area contributed by atoms with Gasteiger partial charge in [0.15, 0.2) is 0 Å². The van der Waals surface area contributed by atoms with E-state index < -0.39 is 23.3 Å². The van der Waals surface area contributed by atoms with E-state index in [4.69, 9.17) is 9.15 Å². The van der Waals surface area contributed by atoms with Gasteiger partial charge in [0.05, 0.1) is 18.8 Å². The number of nitriles is 1. The molecule has 1 saturated heterocycles. The highest BCUT2D eigenvalue weighted by atomic mass is 16.6. The minimum atomic E-state index is -1.07. The van der Waals surface area contributed by atoms with E-state index in [1.807, 2.05) is 12.1 Å². The molecule has 10 heteroatoms. The summed E-state index contributed by atoms with van der Waals surface area (Å²) in [6.07, 6.45) is 6.77. The van der Waals surface area contributed by atoms with E-state index in [9.17, 15) is 14.9 Å². The van der Waals surface area contributed by atoms with Crippen molar-refractivity contribution >= 4 is 12.0 Å². The topological polar surface area (TPSA) is 124 Å². The number of carbonyl (C=O) groups excluding carboxylic acids is 2. The fourth-order valence-electron chi connectivity index (χ4n) is 6.25. The summed E-state index contributed by atoms with van der Waals surface area (Å²) in [5, 5.41) is 15.7. The van der Waals surface area contributed by atoms with Gasteiger partial charge in [0.1, 0.15) is 23.4 Å². The first-order chi connectivity index (χ1) is 22.1. The molecule has 1 atom stereocenters. The highest BCUT2D eigenvalue weighted by Gasteiger charge is 2.42. The second-order valence-corrected chi connectivity index (χ2v) is 13.5. The van der Waals surface area contributed by atoms with Gasteiger partial charge in [-0.1, -0.05) is 67.8 Å². The van der Waals surface area contributed by atoms with Gasteiger partial charge in [-0.15, -0.1) is 0 Å². The van der Waals surface area contributed by atoms with Gasteiger partial charge in [-0.3, -0.25) is 14.6 Å². The molecule has 244 valence electrons. The molecule has 0 spiro atoms. The summed E-state index contributed by atoms with van der Waals surface area (Å²) in [5.41, 5.74) is 2.71. The molecular weight excluding hydrogens is 580 g/mol. The van der Waals surface area contributed by atoms with Crippen LogP contribution in [0, 0.1) is 11.3 Å². The number of piperazine rings is 1. The van der Waals surface area contributed by atoms with Gasteiger partial charge in [-0.2, -0.15) is 5.26 Å². The summed E-state index contributed by atoms with van der Waals surface area (Å²) in [6, 6.07) is 18.3. The molecule has 1 saturated carbocycles. The zero-order valence-electron chi connectivity index (χ0n) is 27.3. The summed E-state index contributed by atoms with van der Waals surface area (Å²) in [7, 11) is 0. The summed E-state index contributed by atoms with van der Waals surface area (Å²) >= 11 is 0. The molecule has 0 unspecified atom stereocenters. The van der Waals surface area contributed by atoms with Crippen LogP contribution in [0.1, 0.15) is 69.9 Å². The van der Waals surface area contributed by atoms with E-state index in [-0.39, 0.29) is 5.91 Å². The van der Waals surface area contributed by atoms with Crippen LogP contribution in [-0.2, 0) is 29.0 Å². The van der Waals surface area contributed by atoms with E-state index in [2.05, 4.69) is 67.9 Å². The van der Waals surface area contributed by atoms with Gasteiger partial charge < -0.3 is 19.8 Å². The monoisotopic (exact) mass is 626 g/mol. The lowest BCUT2D eigenvalue weighted by atomic mass is 9.80. The minimum Gasteiger partial charge on any atom is -0.448 e. The first-order valence-electron chi connectivity index (χ1n) is 16.3. The van der Waals surface area contributed by atoms with Gasteiger partial charge in [0.2, 0.25) is 11.8 Å². The Labute approximate surface area is 272 Å². The molecular formula is C36H46N6O4. The lowest BCUT2D eigenvalue weighted by Crippen LogP contribution is -2.61. The number of oxazole rings is 1. The van der Waals surface area contributed by atoms with Crippen molar-refractivity contribution in [1.82, 2.24) is 25.4 Å². The van der Waals surface area contributed by atoms with Crippen molar-refractivity contribution in [2.45, 2.75) is 89.6 Å². The summed E-state index contributed by atoms with van der Waals surface area (Å²) in [4.78, 5) is 35.2. The number of aromatic nitrogens is 1. The maximum Gasteiger partial charge on any atom is 0.408 e. The van der Waals surface area contributed by atoms with Crippen molar-refractivity contribution < 1.29 is 18.7 Å². The Balaban J connectivity index is 1.12. The molecule has 2 heterocycles. The second-order valence-electron chi connectivity index (χ2n) is 13.5. The molecule has 3 aromatic rings. The number of hydrogen-bond acceptors (Lipinski definition) is 8. The van der Waals surface area contributed by atoms with Gasteiger partial charge in [-0.25, -0.2) is 9.78 Å². The van der Waals surface area contributed by atoms with E-state index in [1.54, 1.807) is 33.2 Å². The average molecular weight is 627 g/mol. The molecule has 1 aliphatic carbocycles. The standard InChI is InChI=1S/C36H46N6O4/c1-35(2,3)46-34(44)40-36(15-5-4-6-16-36)33(43)39-31(24-37)23-27-7-11-29(12-8-27)30-13-9-28(10-14-30)25-41-18-20-42(21-19-41)26-32-38-17-22-45-32/h7-14,17,22,31H,4-6,15-16,18-21,23,25-26H2,1-3H3,(H,39,43)(H,40,44)/t31-/m0/s1. The van der Waals surface area contributed by atoms with E-state index in [0.717, 1.165) is 81.1 Å². The third-order valence-electron chi connectivity index (χ3n) is 8.74. The summed E-state index contributed by atoms with van der Waals surface area (Å²) in [5.74, 6) is 0.445. The highest BCUT2D eigenvalue weighted by molar-refractivity contribution is 5.90. The SMILES string of the molecule is CC(C)(C)OC(=O)NC1(C(=O)N[C@H](C#N)Cc2ccc(-c3ccc(CN4CCN(Cc5ncco5)CC4)cc3)cc2)CCCCC1. The van der Waals surface area contributed by atoms with E-state index in [0.29, 0.717) is 19.3 Å². The van der Waals surface area contributed by atoms with Gasteiger partial charge in [-0.05, 0) is 55.9 Å². The zero-order valence-corrected chi connectivity index (χ0v) is 27.3. The third kappa shape index (κ3) is 9.18. The largest absolute Gasteiger partial charge is 0.448 e. The Morgan fingerprint density at radius 1 is 0.935 bits per heavy atom. The Morgan fingerprint density at radius 3 is 2.07 bits per heavy atom. The number of alkyl carbamates (subject to hydrolysis) is 1. The van der Waals surface area contributed by atoms with Crippen LogP contribution in [0.15, 0.2) is 65.4 Å². The normalized spacial score (nSPS) is 17.9. The molecule has 2 amide bonds. The van der Waals surface area contributed by atoms with Crippen LogP contribution in [0.2, 0.25) is 0 Å². The molecule has 1 aromatic heterocycles. The average Bonchev–Trinajstić information content (AvgIpc) is 3.55. The second kappa shape index (κ2) is 14.9. The number of carbonyl (C=O) groups is 2. The Morgan fingerprint density at radius 2 is 1.52 bits per heavy atom.